The standard InChI is InChI=1S/C22H26ClFN8O/c1-22(2,33)11-31(3)21-29-19-13(12-4-5-12)10-26-32(19)20(30-21)25-9-8-16-27-15-7-6-14(23)17(24)18(15)28-16/h6-7,10,12,33H,4-5,8-9,11H2,1-3H3,(H,27,28)(H,25,29,30). The van der Waals surface area contributed by atoms with Crippen molar-refractivity contribution in [3.05, 3.63) is 40.6 Å². The highest BCUT2D eigenvalue weighted by Gasteiger charge is 2.29. The molecule has 0 saturated heterocycles. The first-order valence-electron chi connectivity index (χ1n) is 11.0. The number of likely N-dealkylation sites (N-methyl/N-ethyl adjacent to an activating group) is 1. The molecular weight excluding hydrogens is 447 g/mol. The van der Waals surface area contributed by atoms with E-state index in [0.717, 1.165) is 24.1 Å². The topological polar surface area (TPSA) is 107 Å². The Balaban J connectivity index is 1.40. The average molecular weight is 473 g/mol. The smallest absolute Gasteiger partial charge is 0.230 e. The molecule has 174 valence electrons. The number of nitrogens with zero attached hydrogens (tertiary/aromatic N) is 6. The summed E-state index contributed by atoms with van der Waals surface area (Å²) in [6.45, 7) is 4.37. The van der Waals surface area contributed by atoms with Crippen LogP contribution in [0.2, 0.25) is 5.02 Å². The van der Waals surface area contributed by atoms with E-state index in [1.54, 1.807) is 24.4 Å². The van der Waals surface area contributed by atoms with E-state index >= 15 is 0 Å². The average Bonchev–Trinajstić information content (AvgIpc) is 3.35. The summed E-state index contributed by atoms with van der Waals surface area (Å²) >= 11 is 5.86. The molecule has 0 radical (unpaired) electrons. The molecule has 0 amide bonds. The first kappa shape index (κ1) is 21.8. The van der Waals surface area contributed by atoms with E-state index in [4.69, 9.17) is 16.6 Å². The lowest BCUT2D eigenvalue weighted by Crippen LogP contribution is -2.37. The van der Waals surface area contributed by atoms with Crippen molar-refractivity contribution in [1.29, 1.82) is 0 Å². The lowest BCUT2D eigenvalue weighted by molar-refractivity contribution is 0.0883. The highest BCUT2D eigenvalue weighted by Crippen LogP contribution is 2.42. The molecule has 1 aliphatic rings. The zero-order valence-corrected chi connectivity index (χ0v) is 19.5. The summed E-state index contributed by atoms with van der Waals surface area (Å²) in [5.41, 5.74) is 1.83. The number of aliphatic hydroxyl groups is 1. The molecule has 1 aliphatic carbocycles. The second-order valence-corrected chi connectivity index (χ2v) is 9.65. The van der Waals surface area contributed by atoms with E-state index in [9.17, 15) is 9.50 Å². The SMILES string of the molecule is CN(CC(C)(C)O)c1nc(NCCc2nc3c(F)c(Cl)ccc3[nH]2)n2ncc(C3CC3)c2n1. The van der Waals surface area contributed by atoms with Crippen molar-refractivity contribution in [1.82, 2.24) is 29.5 Å². The molecule has 1 saturated carbocycles. The zero-order valence-electron chi connectivity index (χ0n) is 18.7. The van der Waals surface area contributed by atoms with Crippen LogP contribution in [0.1, 0.15) is 44.0 Å². The number of benzene rings is 1. The van der Waals surface area contributed by atoms with E-state index in [1.807, 2.05) is 18.1 Å². The Labute approximate surface area is 195 Å². The van der Waals surface area contributed by atoms with Gasteiger partial charge < -0.3 is 20.3 Å². The number of halogens is 2. The third kappa shape index (κ3) is 4.45. The van der Waals surface area contributed by atoms with Gasteiger partial charge in [-0.3, -0.25) is 0 Å². The Hall–Kier alpha value is -2.98. The molecule has 0 atom stereocenters. The van der Waals surface area contributed by atoms with Crippen LogP contribution in [0.4, 0.5) is 16.3 Å². The highest BCUT2D eigenvalue weighted by molar-refractivity contribution is 6.31. The predicted molar refractivity (Wildman–Crippen MR) is 126 cm³/mol. The number of fused-ring (bicyclic) bond motifs is 2. The highest BCUT2D eigenvalue weighted by atomic mass is 35.5. The molecule has 0 bridgehead atoms. The summed E-state index contributed by atoms with van der Waals surface area (Å²) in [5.74, 6) is 1.66. The number of nitrogens with one attached hydrogen (secondary N) is 2. The van der Waals surface area contributed by atoms with Crippen LogP contribution in [0.5, 0.6) is 0 Å². The quantitative estimate of drug-likeness (QED) is 0.360. The van der Waals surface area contributed by atoms with Crippen molar-refractivity contribution in [2.45, 2.75) is 44.6 Å². The van der Waals surface area contributed by atoms with Gasteiger partial charge in [0.25, 0.3) is 0 Å². The third-order valence-electron chi connectivity index (χ3n) is 5.61. The van der Waals surface area contributed by atoms with Crippen LogP contribution in [0.3, 0.4) is 0 Å². The lowest BCUT2D eigenvalue weighted by Gasteiger charge is -2.26. The van der Waals surface area contributed by atoms with Gasteiger partial charge >= 0.3 is 0 Å². The Bertz CT molecular complexity index is 1320. The maximum Gasteiger partial charge on any atom is 0.230 e. The maximum absolute atomic E-state index is 14.2. The minimum Gasteiger partial charge on any atom is -0.389 e. The minimum atomic E-state index is -0.892. The lowest BCUT2D eigenvalue weighted by atomic mass is 10.1. The molecule has 5 rings (SSSR count). The summed E-state index contributed by atoms with van der Waals surface area (Å²) in [6, 6.07) is 3.23. The van der Waals surface area contributed by atoms with Crippen molar-refractivity contribution in [2.24, 2.45) is 0 Å². The second kappa shape index (κ2) is 8.11. The van der Waals surface area contributed by atoms with Gasteiger partial charge in [0.2, 0.25) is 11.9 Å². The van der Waals surface area contributed by atoms with E-state index in [-0.39, 0.29) is 10.5 Å². The molecule has 3 N–H and O–H groups in total. The van der Waals surface area contributed by atoms with Crippen LogP contribution >= 0.6 is 11.6 Å². The molecule has 1 fully saturated rings. The molecule has 3 heterocycles. The summed E-state index contributed by atoms with van der Waals surface area (Å²) < 4.78 is 15.9. The summed E-state index contributed by atoms with van der Waals surface area (Å²) in [6.07, 6.45) is 4.65. The number of imidazole rings is 1. The first-order chi connectivity index (χ1) is 15.7. The number of rotatable bonds is 8. The normalized spacial score (nSPS) is 14.4. The Morgan fingerprint density at radius 2 is 2.09 bits per heavy atom. The number of aromatic nitrogens is 6. The Morgan fingerprint density at radius 3 is 2.82 bits per heavy atom. The van der Waals surface area contributed by atoms with Crippen molar-refractivity contribution < 1.29 is 9.50 Å². The monoisotopic (exact) mass is 472 g/mol. The van der Waals surface area contributed by atoms with Crippen LogP contribution < -0.4 is 10.2 Å². The Kier molecular flexibility index (Phi) is 5.37. The molecule has 0 unspecified atom stereocenters. The molecule has 3 aromatic heterocycles. The largest absolute Gasteiger partial charge is 0.389 e. The molecule has 0 spiro atoms. The van der Waals surface area contributed by atoms with Crippen LogP contribution in [0, 0.1) is 5.82 Å². The van der Waals surface area contributed by atoms with Gasteiger partial charge in [-0.05, 0) is 44.7 Å². The number of H-pyrrole nitrogens is 1. The maximum atomic E-state index is 14.2. The van der Waals surface area contributed by atoms with Gasteiger partial charge in [0, 0.05) is 32.1 Å². The number of hydrogen-bond donors (Lipinski definition) is 3. The second-order valence-electron chi connectivity index (χ2n) is 9.24. The molecule has 11 heteroatoms. The van der Waals surface area contributed by atoms with E-state index in [1.165, 1.54) is 6.07 Å². The van der Waals surface area contributed by atoms with Gasteiger partial charge in [-0.1, -0.05) is 11.6 Å². The van der Waals surface area contributed by atoms with Gasteiger partial charge in [0.05, 0.1) is 22.3 Å². The van der Waals surface area contributed by atoms with Crippen LogP contribution in [-0.2, 0) is 6.42 Å². The fourth-order valence-electron chi connectivity index (χ4n) is 3.98. The molecule has 1 aromatic carbocycles. The zero-order chi connectivity index (χ0) is 23.3. The number of aromatic amines is 1. The fraction of sp³-hybridized carbons (Fsp3) is 0.455. The molecular formula is C22H26ClFN8O. The third-order valence-corrected chi connectivity index (χ3v) is 5.90. The van der Waals surface area contributed by atoms with Crippen LogP contribution in [-0.4, -0.2) is 60.4 Å². The fourth-order valence-corrected chi connectivity index (χ4v) is 4.13. The molecule has 33 heavy (non-hydrogen) atoms. The molecule has 0 aliphatic heterocycles. The summed E-state index contributed by atoms with van der Waals surface area (Å²) in [4.78, 5) is 18.7. The predicted octanol–water partition coefficient (Wildman–Crippen LogP) is 3.53. The van der Waals surface area contributed by atoms with E-state index < -0.39 is 11.4 Å². The van der Waals surface area contributed by atoms with Crippen molar-refractivity contribution >= 4 is 40.2 Å². The van der Waals surface area contributed by atoms with Gasteiger partial charge in [-0.15, -0.1) is 0 Å². The number of anilines is 2. The molecule has 4 aromatic rings. The summed E-state index contributed by atoms with van der Waals surface area (Å²) in [7, 11) is 1.86. The van der Waals surface area contributed by atoms with Crippen molar-refractivity contribution in [2.75, 3.05) is 30.4 Å². The first-order valence-corrected chi connectivity index (χ1v) is 11.3. The number of hydrogen-bond acceptors (Lipinski definition) is 7. The van der Waals surface area contributed by atoms with Crippen LogP contribution in [0.15, 0.2) is 18.3 Å². The van der Waals surface area contributed by atoms with Gasteiger partial charge in [-0.25, -0.2) is 9.37 Å². The van der Waals surface area contributed by atoms with E-state index in [0.29, 0.717) is 48.7 Å². The van der Waals surface area contributed by atoms with Gasteiger partial charge in [0.15, 0.2) is 11.5 Å². The van der Waals surface area contributed by atoms with Crippen LogP contribution in [0.25, 0.3) is 16.7 Å². The van der Waals surface area contributed by atoms with Gasteiger partial charge in [-0.2, -0.15) is 19.6 Å². The van der Waals surface area contributed by atoms with Crippen molar-refractivity contribution in [3.63, 3.8) is 0 Å². The van der Waals surface area contributed by atoms with Crippen molar-refractivity contribution in [3.8, 4) is 0 Å². The Morgan fingerprint density at radius 1 is 1.30 bits per heavy atom. The molecule has 9 nitrogen and oxygen atoms in total. The van der Waals surface area contributed by atoms with E-state index in [2.05, 4.69) is 25.4 Å². The minimum absolute atomic E-state index is 0.0508. The summed E-state index contributed by atoms with van der Waals surface area (Å²) in [5, 5.41) is 18.1. The van der Waals surface area contributed by atoms with Gasteiger partial charge in [0.1, 0.15) is 11.3 Å².